The van der Waals surface area contributed by atoms with E-state index < -0.39 is 5.60 Å². The molecule has 1 unspecified atom stereocenters. The molecule has 0 aliphatic rings. The Morgan fingerprint density at radius 1 is 1.05 bits per heavy atom. The Bertz CT molecular complexity index is 587. The first-order valence-electron chi connectivity index (χ1n) is 6.97. The highest BCUT2D eigenvalue weighted by molar-refractivity contribution is 6.30. The summed E-state index contributed by atoms with van der Waals surface area (Å²) in [5, 5.41) is 11.5. The van der Waals surface area contributed by atoms with Gasteiger partial charge in [0.15, 0.2) is 0 Å². The van der Waals surface area contributed by atoms with Crippen LogP contribution in [0.2, 0.25) is 5.02 Å². The number of hydrogen-bond donors (Lipinski definition) is 1. The summed E-state index contributed by atoms with van der Waals surface area (Å²) in [4.78, 5) is 0. The van der Waals surface area contributed by atoms with Crippen LogP contribution in [-0.2, 0) is 12.0 Å². The first kappa shape index (κ1) is 15.1. The van der Waals surface area contributed by atoms with Crippen LogP contribution in [0.1, 0.15) is 37.5 Å². The van der Waals surface area contributed by atoms with E-state index in [1.807, 2.05) is 43.3 Å². The van der Waals surface area contributed by atoms with Crippen LogP contribution in [0.3, 0.4) is 0 Å². The molecular weight excluding hydrogens is 268 g/mol. The Labute approximate surface area is 126 Å². The molecule has 0 heterocycles. The molecule has 0 radical (unpaired) electrons. The molecule has 0 bridgehead atoms. The Balaban J connectivity index is 2.38. The lowest BCUT2D eigenvalue weighted by atomic mass is 9.86. The predicted molar refractivity (Wildman–Crippen MR) is 85.1 cm³/mol. The van der Waals surface area contributed by atoms with Gasteiger partial charge >= 0.3 is 0 Å². The van der Waals surface area contributed by atoms with Crippen molar-refractivity contribution < 1.29 is 5.11 Å². The maximum atomic E-state index is 10.9. The third kappa shape index (κ3) is 3.41. The maximum Gasteiger partial charge on any atom is 0.112 e. The van der Waals surface area contributed by atoms with Gasteiger partial charge in [0.05, 0.1) is 0 Å². The summed E-state index contributed by atoms with van der Waals surface area (Å²) in [6.45, 7) is 6.21. The molecule has 0 spiro atoms. The van der Waals surface area contributed by atoms with Gasteiger partial charge in [0.1, 0.15) is 5.60 Å². The molecule has 0 aromatic heterocycles. The van der Waals surface area contributed by atoms with Crippen LogP contribution in [0.5, 0.6) is 0 Å². The van der Waals surface area contributed by atoms with Crippen molar-refractivity contribution in [1.29, 1.82) is 0 Å². The normalized spacial score (nSPS) is 14.3. The van der Waals surface area contributed by atoms with Gasteiger partial charge in [-0.3, -0.25) is 0 Å². The van der Waals surface area contributed by atoms with Crippen LogP contribution < -0.4 is 0 Å². The first-order chi connectivity index (χ1) is 9.39. The monoisotopic (exact) mass is 288 g/mol. The van der Waals surface area contributed by atoms with Crippen molar-refractivity contribution >= 4 is 11.6 Å². The highest BCUT2D eigenvalue weighted by atomic mass is 35.5. The summed E-state index contributed by atoms with van der Waals surface area (Å²) < 4.78 is 0. The molecular formula is C18H21ClO. The van der Waals surface area contributed by atoms with E-state index in [4.69, 9.17) is 11.6 Å². The minimum atomic E-state index is -1.03. The lowest BCUT2D eigenvalue weighted by Gasteiger charge is -2.25. The molecule has 1 atom stereocenters. The quantitative estimate of drug-likeness (QED) is 0.857. The number of benzene rings is 2. The third-order valence-corrected chi connectivity index (χ3v) is 3.75. The van der Waals surface area contributed by atoms with Gasteiger partial charge < -0.3 is 5.11 Å². The van der Waals surface area contributed by atoms with Crippen molar-refractivity contribution in [3.63, 3.8) is 0 Å². The highest BCUT2D eigenvalue weighted by Gasteiger charge is 2.25. The molecule has 0 amide bonds. The topological polar surface area (TPSA) is 20.2 Å². The van der Waals surface area contributed by atoms with Gasteiger partial charge in [0.2, 0.25) is 0 Å². The number of halogens is 1. The van der Waals surface area contributed by atoms with Crippen LogP contribution in [0.15, 0.2) is 48.5 Å². The zero-order chi connectivity index (χ0) is 14.8. The molecule has 1 nitrogen and oxygen atoms in total. The summed E-state index contributed by atoms with van der Waals surface area (Å²) in [5.41, 5.74) is 1.93. The zero-order valence-corrected chi connectivity index (χ0v) is 13.0. The molecule has 2 aromatic carbocycles. The second-order valence-electron chi connectivity index (χ2n) is 5.88. The van der Waals surface area contributed by atoms with Crippen LogP contribution in [-0.4, -0.2) is 5.11 Å². The lowest BCUT2D eigenvalue weighted by molar-refractivity contribution is 0.102. The molecule has 1 N–H and O–H groups in total. The predicted octanol–water partition coefficient (Wildman–Crippen LogP) is 4.79. The number of aliphatic hydroxyl groups is 1. The summed E-state index contributed by atoms with van der Waals surface area (Å²) in [6.07, 6.45) is 1.01. The fraction of sp³-hybridized carbons (Fsp3) is 0.333. The number of rotatable bonds is 4. The average Bonchev–Trinajstić information content (AvgIpc) is 2.38. The van der Waals surface area contributed by atoms with Crippen LogP contribution in [0.4, 0.5) is 0 Å². The second kappa shape index (κ2) is 5.99. The van der Waals surface area contributed by atoms with Crippen molar-refractivity contribution in [2.75, 3.05) is 0 Å². The van der Waals surface area contributed by atoms with Gasteiger partial charge in [-0.15, -0.1) is 0 Å². The van der Waals surface area contributed by atoms with Gasteiger partial charge in [-0.2, -0.15) is 0 Å². The van der Waals surface area contributed by atoms with E-state index in [2.05, 4.69) is 26.0 Å². The molecule has 0 aliphatic carbocycles. The summed E-state index contributed by atoms with van der Waals surface area (Å²) >= 11 is 6.03. The zero-order valence-electron chi connectivity index (χ0n) is 12.2. The summed E-state index contributed by atoms with van der Waals surface area (Å²) in [6, 6.07) is 15.6. The van der Waals surface area contributed by atoms with E-state index in [9.17, 15) is 5.11 Å². The highest BCUT2D eigenvalue weighted by Crippen LogP contribution is 2.31. The standard InChI is InChI=1S/C18H21ClO/c1-13(2)10-14-6-4-7-15(11-14)18(3,20)16-8-5-9-17(19)12-16/h4-9,11-13,20H,10H2,1-3H3. The van der Waals surface area contributed by atoms with E-state index in [-0.39, 0.29) is 0 Å². The Hall–Kier alpha value is -1.31. The Morgan fingerprint density at radius 2 is 1.65 bits per heavy atom. The molecule has 0 fully saturated rings. The van der Waals surface area contributed by atoms with Crippen LogP contribution in [0, 0.1) is 5.92 Å². The lowest BCUT2D eigenvalue weighted by Crippen LogP contribution is -2.23. The molecule has 0 saturated carbocycles. The van der Waals surface area contributed by atoms with E-state index in [0.29, 0.717) is 10.9 Å². The maximum absolute atomic E-state index is 10.9. The van der Waals surface area contributed by atoms with E-state index in [0.717, 1.165) is 17.5 Å². The van der Waals surface area contributed by atoms with Crippen molar-refractivity contribution in [3.8, 4) is 0 Å². The minimum Gasteiger partial charge on any atom is -0.381 e. The Morgan fingerprint density at radius 3 is 2.25 bits per heavy atom. The minimum absolute atomic E-state index is 0.598. The van der Waals surface area contributed by atoms with E-state index in [1.54, 1.807) is 0 Å². The van der Waals surface area contributed by atoms with Gasteiger partial charge in [0.25, 0.3) is 0 Å². The molecule has 20 heavy (non-hydrogen) atoms. The van der Waals surface area contributed by atoms with Gasteiger partial charge in [-0.1, -0.05) is 61.8 Å². The molecule has 2 aromatic rings. The molecule has 0 aliphatic heterocycles. The van der Waals surface area contributed by atoms with Crippen LogP contribution >= 0.6 is 11.6 Å². The molecule has 2 heteroatoms. The smallest absolute Gasteiger partial charge is 0.112 e. The molecule has 0 saturated heterocycles. The fourth-order valence-electron chi connectivity index (χ4n) is 2.43. The van der Waals surface area contributed by atoms with E-state index in [1.165, 1.54) is 5.56 Å². The van der Waals surface area contributed by atoms with Gasteiger partial charge in [-0.25, -0.2) is 0 Å². The van der Waals surface area contributed by atoms with E-state index >= 15 is 0 Å². The Kier molecular flexibility index (Phi) is 4.52. The van der Waals surface area contributed by atoms with Crippen molar-refractivity contribution in [3.05, 3.63) is 70.2 Å². The SMILES string of the molecule is CC(C)Cc1cccc(C(C)(O)c2cccc(Cl)c2)c1. The fourth-order valence-corrected chi connectivity index (χ4v) is 2.62. The third-order valence-electron chi connectivity index (χ3n) is 3.52. The summed E-state index contributed by atoms with van der Waals surface area (Å²) in [5.74, 6) is 0.598. The van der Waals surface area contributed by atoms with Gasteiger partial charge in [-0.05, 0) is 48.1 Å². The molecule has 2 rings (SSSR count). The number of hydrogen-bond acceptors (Lipinski definition) is 1. The van der Waals surface area contributed by atoms with Crippen molar-refractivity contribution in [1.82, 2.24) is 0 Å². The first-order valence-corrected chi connectivity index (χ1v) is 7.35. The van der Waals surface area contributed by atoms with Crippen LogP contribution in [0.25, 0.3) is 0 Å². The van der Waals surface area contributed by atoms with Gasteiger partial charge in [0, 0.05) is 5.02 Å². The average molecular weight is 289 g/mol. The van der Waals surface area contributed by atoms with Crippen molar-refractivity contribution in [2.24, 2.45) is 5.92 Å². The van der Waals surface area contributed by atoms with Crippen molar-refractivity contribution in [2.45, 2.75) is 32.8 Å². The molecule has 106 valence electrons. The summed E-state index contributed by atoms with van der Waals surface area (Å²) in [7, 11) is 0. The second-order valence-corrected chi connectivity index (χ2v) is 6.32. The largest absolute Gasteiger partial charge is 0.381 e.